The quantitative estimate of drug-likeness (QED) is 0.755. The summed E-state index contributed by atoms with van der Waals surface area (Å²) in [6, 6.07) is 12.8. The van der Waals surface area contributed by atoms with Gasteiger partial charge in [-0.15, -0.1) is 0 Å². The first kappa shape index (κ1) is 13.6. The van der Waals surface area contributed by atoms with E-state index in [-0.39, 0.29) is 11.5 Å². The van der Waals surface area contributed by atoms with Crippen LogP contribution < -0.4 is 0 Å². The summed E-state index contributed by atoms with van der Waals surface area (Å²) in [7, 11) is 2.04. The number of nitrogens with zero attached hydrogens (tertiary/aromatic N) is 1. The van der Waals surface area contributed by atoms with Crippen LogP contribution in [0.4, 0.5) is 0 Å². The van der Waals surface area contributed by atoms with Crippen molar-refractivity contribution in [3.63, 3.8) is 0 Å². The molecule has 0 fully saturated rings. The third-order valence-corrected chi connectivity index (χ3v) is 3.95. The summed E-state index contributed by atoms with van der Waals surface area (Å²) in [5, 5.41) is 20.4. The molecule has 0 aliphatic carbocycles. The van der Waals surface area contributed by atoms with Crippen LogP contribution in [0.2, 0.25) is 0 Å². The van der Waals surface area contributed by atoms with Crippen LogP contribution in [0.3, 0.4) is 0 Å². The maximum Gasteiger partial charge on any atom is 0.117 e. The molecule has 0 aliphatic rings. The summed E-state index contributed by atoms with van der Waals surface area (Å²) in [6.45, 7) is 2.16. The number of hydrogen-bond donors (Lipinski definition) is 2. The van der Waals surface area contributed by atoms with E-state index in [1.165, 1.54) is 11.3 Å². The highest BCUT2D eigenvalue weighted by atomic mass is 16.3. The van der Waals surface area contributed by atoms with E-state index in [1.807, 2.05) is 25.2 Å². The molecular weight excluding hydrogens is 262 g/mol. The van der Waals surface area contributed by atoms with Crippen molar-refractivity contribution in [2.24, 2.45) is 7.05 Å². The number of phenols is 2. The molecule has 2 N–H and O–H groups in total. The monoisotopic (exact) mass is 281 g/mol. The molecule has 0 aliphatic heterocycles. The molecule has 0 unspecified atom stereocenters. The van der Waals surface area contributed by atoms with E-state index >= 15 is 0 Å². The first-order valence-electron chi connectivity index (χ1n) is 7.21. The topological polar surface area (TPSA) is 45.4 Å². The van der Waals surface area contributed by atoms with Gasteiger partial charge in [0, 0.05) is 29.8 Å². The summed E-state index contributed by atoms with van der Waals surface area (Å²) in [5.41, 5.74) is 4.56. The van der Waals surface area contributed by atoms with Crippen molar-refractivity contribution in [1.29, 1.82) is 0 Å². The Morgan fingerprint density at radius 2 is 1.62 bits per heavy atom. The summed E-state index contributed by atoms with van der Waals surface area (Å²) < 4.78 is 2.15. The minimum atomic E-state index is 0.272. The minimum Gasteiger partial charge on any atom is -0.508 e. The maximum absolute atomic E-state index is 9.75. The first-order chi connectivity index (χ1) is 10.1. The summed E-state index contributed by atoms with van der Waals surface area (Å²) in [5.74, 6) is 0.553. The molecule has 108 valence electrons. The molecule has 0 amide bonds. The molecule has 1 aromatic heterocycles. The minimum absolute atomic E-state index is 0.272. The number of hydrogen-bond acceptors (Lipinski definition) is 2. The average molecular weight is 281 g/mol. The SMILES string of the molecule is CCCc1c(-c2ccc(O)cc2)c2ccc(O)cc2n1C. The van der Waals surface area contributed by atoms with Gasteiger partial charge in [-0.3, -0.25) is 0 Å². The molecule has 0 radical (unpaired) electrons. The highest BCUT2D eigenvalue weighted by molar-refractivity contribution is 5.98. The fraction of sp³-hybridized carbons (Fsp3) is 0.222. The van der Waals surface area contributed by atoms with E-state index in [1.54, 1.807) is 24.3 Å². The molecule has 3 rings (SSSR count). The van der Waals surface area contributed by atoms with Crippen molar-refractivity contribution in [2.45, 2.75) is 19.8 Å². The van der Waals surface area contributed by atoms with Crippen LogP contribution in [-0.2, 0) is 13.5 Å². The maximum atomic E-state index is 9.75. The molecule has 3 heteroatoms. The van der Waals surface area contributed by atoms with Gasteiger partial charge >= 0.3 is 0 Å². The molecular formula is C18H19NO2. The highest BCUT2D eigenvalue weighted by Gasteiger charge is 2.16. The normalized spacial score (nSPS) is 11.1. The smallest absolute Gasteiger partial charge is 0.117 e. The van der Waals surface area contributed by atoms with Gasteiger partial charge in [-0.2, -0.15) is 0 Å². The predicted octanol–water partition coefficient (Wildman–Crippen LogP) is 4.21. The van der Waals surface area contributed by atoms with Gasteiger partial charge in [0.05, 0.1) is 5.52 Å². The fourth-order valence-corrected chi connectivity index (χ4v) is 2.96. The Morgan fingerprint density at radius 1 is 0.952 bits per heavy atom. The van der Waals surface area contributed by atoms with Crippen LogP contribution in [0.1, 0.15) is 19.0 Å². The van der Waals surface area contributed by atoms with Crippen LogP contribution in [0.25, 0.3) is 22.0 Å². The van der Waals surface area contributed by atoms with Crippen LogP contribution in [0, 0.1) is 0 Å². The lowest BCUT2D eigenvalue weighted by Gasteiger charge is -2.07. The number of benzene rings is 2. The van der Waals surface area contributed by atoms with Gasteiger partial charge in [0.15, 0.2) is 0 Å². The van der Waals surface area contributed by atoms with Crippen molar-refractivity contribution in [2.75, 3.05) is 0 Å². The van der Waals surface area contributed by atoms with Crippen molar-refractivity contribution in [3.8, 4) is 22.6 Å². The highest BCUT2D eigenvalue weighted by Crippen LogP contribution is 2.37. The lowest BCUT2D eigenvalue weighted by Crippen LogP contribution is -1.97. The summed E-state index contributed by atoms with van der Waals surface area (Å²) >= 11 is 0. The van der Waals surface area contributed by atoms with Gasteiger partial charge < -0.3 is 14.8 Å². The van der Waals surface area contributed by atoms with Gasteiger partial charge in [0.2, 0.25) is 0 Å². The molecule has 0 saturated carbocycles. The fourth-order valence-electron chi connectivity index (χ4n) is 2.96. The van der Waals surface area contributed by atoms with Gasteiger partial charge in [-0.25, -0.2) is 0 Å². The van der Waals surface area contributed by atoms with Crippen LogP contribution in [0.5, 0.6) is 11.5 Å². The molecule has 2 aromatic carbocycles. The van der Waals surface area contributed by atoms with Crippen molar-refractivity contribution < 1.29 is 10.2 Å². The van der Waals surface area contributed by atoms with E-state index < -0.39 is 0 Å². The lowest BCUT2D eigenvalue weighted by atomic mass is 10.00. The second-order valence-corrected chi connectivity index (χ2v) is 5.38. The van der Waals surface area contributed by atoms with Crippen LogP contribution >= 0.6 is 0 Å². The Hall–Kier alpha value is -2.42. The zero-order valence-corrected chi connectivity index (χ0v) is 12.3. The number of aryl methyl sites for hydroxylation is 1. The second-order valence-electron chi connectivity index (χ2n) is 5.38. The summed E-state index contributed by atoms with van der Waals surface area (Å²) in [6.07, 6.45) is 2.03. The van der Waals surface area contributed by atoms with Gasteiger partial charge in [0.1, 0.15) is 11.5 Å². The molecule has 0 spiro atoms. The number of aromatic hydroxyl groups is 2. The van der Waals surface area contributed by atoms with Crippen LogP contribution in [-0.4, -0.2) is 14.8 Å². The van der Waals surface area contributed by atoms with E-state index in [0.717, 1.165) is 29.3 Å². The molecule has 0 saturated heterocycles. The Balaban J connectivity index is 2.33. The third kappa shape index (κ3) is 2.25. The zero-order chi connectivity index (χ0) is 15.0. The number of phenolic OH excluding ortho intramolecular Hbond substituents is 2. The van der Waals surface area contributed by atoms with Gasteiger partial charge in [-0.1, -0.05) is 25.5 Å². The van der Waals surface area contributed by atoms with Crippen LogP contribution in [0.15, 0.2) is 42.5 Å². The number of rotatable bonds is 3. The van der Waals surface area contributed by atoms with Gasteiger partial charge in [0.25, 0.3) is 0 Å². The summed E-state index contributed by atoms with van der Waals surface area (Å²) in [4.78, 5) is 0. The van der Waals surface area contributed by atoms with E-state index in [9.17, 15) is 10.2 Å². The first-order valence-corrected chi connectivity index (χ1v) is 7.21. The largest absolute Gasteiger partial charge is 0.508 e. The Bertz CT molecular complexity index is 785. The number of fused-ring (bicyclic) bond motifs is 1. The zero-order valence-electron chi connectivity index (χ0n) is 12.3. The molecule has 3 nitrogen and oxygen atoms in total. The third-order valence-electron chi connectivity index (χ3n) is 3.95. The second kappa shape index (κ2) is 5.17. The molecule has 21 heavy (non-hydrogen) atoms. The Morgan fingerprint density at radius 3 is 2.29 bits per heavy atom. The van der Waals surface area contributed by atoms with E-state index in [2.05, 4.69) is 11.5 Å². The predicted molar refractivity (Wildman–Crippen MR) is 85.7 cm³/mol. The molecule has 0 atom stereocenters. The van der Waals surface area contributed by atoms with Gasteiger partial charge in [-0.05, 0) is 36.2 Å². The molecule has 0 bridgehead atoms. The Kier molecular flexibility index (Phi) is 3.34. The molecule has 3 aromatic rings. The number of aromatic nitrogens is 1. The lowest BCUT2D eigenvalue weighted by molar-refractivity contribution is 0.475. The standard InChI is InChI=1S/C18H19NO2/c1-3-4-16-18(12-5-7-13(20)8-6-12)15-10-9-14(21)11-17(15)19(16)2/h5-11,20-21H,3-4H2,1-2H3. The molecule has 1 heterocycles. The van der Waals surface area contributed by atoms with E-state index in [0.29, 0.717) is 0 Å². The van der Waals surface area contributed by atoms with Crippen molar-refractivity contribution in [3.05, 3.63) is 48.2 Å². The average Bonchev–Trinajstić information content (AvgIpc) is 2.74. The Labute approximate surface area is 124 Å². The van der Waals surface area contributed by atoms with Crippen molar-refractivity contribution in [1.82, 2.24) is 4.57 Å². The van der Waals surface area contributed by atoms with E-state index in [4.69, 9.17) is 0 Å². The van der Waals surface area contributed by atoms with Crippen molar-refractivity contribution >= 4 is 10.9 Å².